The summed E-state index contributed by atoms with van der Waals surface area (Å²) in [6, 6.07) is 10.6. The van der Waals surface area contributed by atoms with Crippen LogP contribution in [0.4, 0.5) is 11.4 Å². The molecule has 7 heteroatoms. The van der Waals surface area contributed by atoms with E-state index in [4.69, 9.17) is 9.47 Å². The molecule has 23 heavy (non-hydrogen) atoms. The number of hydrogen-bond acceptors (Lipinski definition) is 4. The van der Waals surface area contributed by atoms with Gasteiger partial charge in [0.25, 0.3) is 5.69 Å². The lowest BCUT2D eigenvalue weighted by atomic mass is 10.0. The summed E-state index contributed by atoms with van der Waals surface area (Å²) in [7, 11) is 0. The molecule has 0 saturated heterocycles. The lowest BCUT2D eigenvalue weighted by Gasteiger charge is -2.12. The van der Waals surface area contributed by atoms with Crippen LogP contribution < -0.4 is 26.5 Å². The van der Waals surface area contributed by atoms with Gasteiger partial charge in [-0.25, -0.2) is 0 Å². The first-order chi connectivity index (χ1) is 10.7. The van der Waals surface area contributed by atoms with E-state index in [0.717, 1.165) is 35.7 Å². The van der Waals surface area contributed by atoms with Crippen LogP contribution >= 0.6 is 0 Å². The number of non-ortho nitro benzene ring substituents is 1. The van der Waals surface area contributed by atoms with Crippen LogP contribution in [-0.2, 0) is 6.42 Å². The molecule has 0 radical (unpaired) electrons. The minimum absolute atomic E-state index is 0. The average Bonchev–Trinajstić information content (AvgIpc) is 2.99. The molecule has 0 atom stereocenters. The fourth-order valence-electron chi connectivity index (χ4n) is 2.80. The summed E-state index contributed by atoms with van der Waals surface area (Å²) in [6.07, 6.45) is 2.85. The summed E-state index contributed by atoms with van der Waals surface area (Å²) in [5.41, 5.74) is 3.17. The highest BCUT2D eigenvalue weighted by molar-refractivity contribution is 5.81. The van der Waals surface area contributed by atoms with Crippen molar-refractivity contribution in [2.45, 2.75) is 6.42 Å². The van der Waals surface area contributed by atoms with Gasteiger partial charge in [-0.3, -0.25) is 10.1 Å². The van der Waals surface area contributed by atoms with E-state index in [-0.39, 0.29) is 34.4 Å². The molecule has 0 unspecified atom stereocenters. The molecule has 0 N–H and O–H groups in total. The number of halogens is 1. The molecule has 0 saturated carbocycles. The van der Waals surface area contributed by atoms with Crippen molar-refractivity contribution >= 4 is 17.6 Å². The fraction of sp³-hybridized carbons (Fsp3) is 0.188. The number of nitro groups is 1. The first-order valence-electron chi connectivity index (χ1n) is 6.99. The van der Waals surface area contributed by atoms with E-state index in [2.05, 4.69) is 0 Å². The van der Waals surface area contributed by atoms with Crippen molar-refractivity contribution in [3.8, 4) is 11.5 Å². The molecule has 2 aromatic carbocycles. The standard InChI is InChI=1S/C16H13N2O4.BrH/c19-18(20)14-3-1-2-13(8-14)17-5-4-11-6-15-16(22-10-21-15)7-12(11)9-17;/h1-3,6-9H,4-5,10H2;1H/q+1;/p-1. The number of nitrogens with zero attached hydrogens (tertiary/aromatic N) is 2. The largest absolute Gasteiger partial charge is 1.00 e. The van der Waals surface area contributed by atoms with Crippen LogP contribution in [0.2, 0.25) is 0 Å². The van der Waals surface area contributed by atoms with E-state index in [0.29, 0.717) is 0 Å². The van der Waals surface area contributed by atoms with Gasteiger partial charge in [-0.05, 0) is 23.8 Å². The van der Waals surface area contributed by atoms with Gasteiger partial charge in [-0.1, -0.05) is 0 Å². The Balaban J connectivity index is 0.00000156. The average molecular weight is 377 g/mol. The van der Waals surface area contributed by atoms with Gasteiger partial charge < -0.3 is 26.5 Å². The Kier molecular flexibility index (Phi) is 4.04. The van der Waals surface area contributed by atoms with Crippen molar-refractivity contribution in [2.24, 2.45) is 0 Å². The minimum atomic E-state index is -0.376. The van der Waals surface area contributed by atoms with E-state index < -0.39 is 0 Å². The predicted molar refractivity (Wildman–Crippen MR) is 79.3 cm³/mol. The third-order valence-electron chi connectivity index (χ3n) is 3.92. The number of ether oxygens (including phenoxy) is 2. The van der Waals surface area contributed by atoms with E-state index >= 15 is 0 Å². The molecular formula is C16H13BrN2O4. The molecule has 0 spiro atoms. The Bertz CT molecular complexity index is 820. The normalized spacial score (nSPS) is 14.5. The van der Waals surface area contributed by atoms with Crippen LogP contribution in [0, 0.1) is 10.1 Å². The number of hydrogen-bond donors (Lipinski definition) is 0. The molecule has 6 nitrogen and oxygen atoms in total. The quantitative estimate of drug-likeness (QED) is 0.408. The molecule has 2 aliphatic rings. The van der Waals surface area contributed by atoms with Gasteiger partial charge in [0.1, 0.15) is 0 Å². The second-order valence-electron chi connectivity index (χ2n) is 5.25. The summed E-state index contributed by atoms with van der Waals surface area (Å²) in [5.74, 6) is 1.53. The number of benzene rings is 2. The van der Waals surface area contributed by atoms with Gasteiger partial charge in [0.15, 0.2) is 24.3 Å². The van der Waals surface area contributed by atoms with Crippen LogP contribution in [0.5, 0.6) is 11.5 Å². The number of fused-ring (bicyclic) bond motifs is 2. The van der Waals surface area contributed by atoms with E-state index in [1.54, 1.807) is 12.1 Å². The van der Waals surface area contributed by atoms with E-state index in [1.165, 1.54) is 11.6 Å². The van der Waals surface area contributed by atoms with E-state index in [1.807, 2.05) is 29.0 Å². The lowest BCUT2D eigenvalue weighted by molar-refractivity contribution is -0.437. The van der Waals surface area contributed by atoms with Gasteiger partial charge in [0.05, 0.1) is 11.0 Å². The maximum Gasteiger partial charge on any atom is 0.276 e. The Morgan fingerprint density at radius 2 is 1.91 bits per heavy atom. The molecular weight excluding hydrogens is 364 g/mol. The molecule has 0 bridgehead atoms. The molecule has 0 fully saturated rings. The zero-order valence-electron chi connectivity index (χ0n) is 12.1. The van der Waals surface area contributed by atoms with Crippen molar-refractivity contribution in [3.05, 3.63) is 57.6 Å². The van der Waals surface area contributed by atoms with Crippen molar-refractivity contribution in [2.75, 3.05) is 13.3 Å². The predicted octanol–water partition coefficient (Wildman–Crippen LogP) is -0.353. The monoisotopic (exact) mass is 376 g/mol. The lowest BCUT2D eigenvalue weighted by Crippen LogP contribution is -3.00. The summed E-state index contributed by atoms with van der Waals surface area (Å²) < 4.78 is 12.8. The van der Waals surface area contributed by atoms with Gasteiger partial charge in [-0.2, -0.15) is 4.58 Å². The van der Waals surface area contributed by atoms with Gasteiger partial charge in [0.2, 0.25) is 12.5 Å². The second kappa shape index (κ2) is 6.00. The van der Waals surface area contributed by atoms with Crippen molar-refractivity contribution in [3.63, 3.8) is 0 Å². The maximum atomic E-state index is 10.9. The van der Waals surface area contributed by atoms with Crippen molar-refractivity contribution in [1.82, 2.24) is 0 Å². The summed E-state index contributed by atoms with van der Waals surface area (Å²) >= 11 is 0. The van der Waals surface area contributed by atoms with Crippen molar-refractivity contribution < 1.29 is 36.0 Å². The van der Waals surface area contributed by atoms with E-state index in [9.17, 15) is 10.1 Å². The minimum Gasteiger partial charge on any atom is -1.00 e. The maximum absolute atomic E-state index is 10.9. The first kappa shape index (κ1) is 15.5. The Hall–Kier alpha value is -2.41. The highest BCUT2D eigenvalue weighted by Crippen LogP contribution is 2.35. The molecule has 0 aliphatic carbocycles. The summed E-state index contributed by atoms with van der Waals surface area (Å²) in [6.45, 7) is 1.03. The Labute approximate surface area is 142 Å². The Morgan fingerprint density at radius 3 is 2.70 bits per heavy atom. The highest BCUT2D eigenvalue weighted by atomic mass is 79.9. The third-order valence-corrected chi connectivity index (χ3v) is 3.92. The van der Waals surface area contributed by atoms with Crippen LogP contribution in [0.3, 0.4) is 0 Å². The zero-order valence-corrected chi connectivity index (χ0v) is 13.7. The second-order valence-corrected chi connectivity index (χ2v) is 5.25. The smallest absolute Gasteiger partial charge is 0.276 e. The summed E-state index contributed by atoms with van der Waals surface area (Å²) in [4.78, 5) is 10.5. The Morgan fingerprint density at radius 1 is 1.13 bits per heavy atom. The first-order valence-corrected chi connectivity index (χ1v) is 6.99. The van der Waals surface area contributed by atoms with Gasteiger partial charge in [0, 0.05) is 24.1 Å². The van der Waals surface area contributed by atoms with Gasteiger partial charge >= 0.3 is 0 Å². The van der Waals surface area contributed by atoms with Gasteiger partial charge in [-0.15, -0.1) is 0 Å². The molecule has 4 rings (SSSR count). The van der Waals surface area contributed by atoms with Crippen LogP contribution in [0.25, 0.3) is 0 Å². The zero-order chi connectivity index (χ0) is 15.1. The van der Waals surface area contributed by atoms with Crippen molar-refractivity contribution in [1.29, 1.82) is 0 Å². The molecule has 0 aromatic heterocycles. The number of nitro benzene ring substituents is 1. The molecule has 2 aliphatic heterocycles. The highest BCUT2D eigenvalue weighted by Gasteiger charge is 2.24. The third kappa shape index (κ3) is 2.79. The molecule has 0 amide bonds. The molecule has 2 heterocycles. The SMILES string of the molecule is O=[N+]([O-])c1cccc([N+]2=Cc3cc4c(cc3CC2)OCO4)c1.[Br-]. The number of rotatable bonds is 2. The molecule has 2 aromatic rings. The van der Waals surface area contributed by atoms with Crippen LogP contribution in [0.15, 0.2) is 36.4 Å². The topological polar surface area (TPSA) is 64.6 Å². The molecule has 118 valence electrons. The fourth-order valence-corrected chi connectivity index (χ4v) is 2.80. The summed E-state index contributed by atoms with van der Waals surface area (Å²) in [5, 5.41) is 10.9. The van der Waals surface area contributed by atoms with Crippen LogP contribution in [0.1, 0.15) is 11.1 Å². The van der Waals surface area contributed by atoms with Crippen LogP contribution in [-0.4, -0.2) is 29.1 Å².